The molecule has 0 bridgehead atoms. The molecule has 4 heterocycles. The van der Waals surface area contributed by atoms with Crippen LogP contribution in [0.4, 0.5) is 0 Å². The molecule has 4 rings (SSSR count). The smallest absolute Gasteiger partial charge is 0.274 e. The van der Waals surface area contributed by atoms with Crippen molar-refractivity contribution in [3.8, 4) is 0 Å². The maximum Gasteiger partial charge on any atom is 0.274 e. The summed E-state index contributed by atoms with van der Waals surface area (Å²) < 4.78 is 1.79. The van der Waals surface area contributed by atoms with Gasteiger partial charge in [0.15, 0.2) is 5.69 Å². The van der Waals surface area contributed by atoms with E-state index in [0.717, 1.165) is 70.5 Å². The lowest BCUT2D eigenvalue weighted by atomic mass is 10.0. The molecule has 7 heteroatoms. The van der Waals surface area contributed by atoms with Gasteiger partial charge in [-0.15, -0.1) is 0 Å². The van der Waals surface area contributed by atoms with Gasteiger partial charge in [0.25, 0.3) is 5.91 Å². The lowest BCUT2D eigenvalue weighted by Gasteiger charge is -2.34. The Hall–Kier alpha value is -1.44. The monoisotopic (exact) mass is 333 g/mol. The number of fused-ring (bicyclic) bond motifs is 1. The number of aryl methyl sites for hydroxylation is 1. The van der Waals surface area contributed by atoms with E-state index in [1.807, 2.05) is 4.90 Å². The first-order chi connectivity index (χ1) is 11.6. The number of hydrogen-bond donors (Lipinski definition) is 2. The van der Waals surface area contributed by atoms with E-state index in [4.69, 9.17) is 5.73 Å². The fourth-order valence-electron chi connectivity index (χ4n) is 4.24. The van der Waals surface area contributed by atoms with E-state index in [1.54, 1.807) is 10.7 Å². The van der Waals surface area contributed by atoms with Crippen molar-refractivity contribution in [3.05, 3.63) is 17.5 Å². The highest BCUT2D eigenvalue weighted by atomic mass is 16.3. The SMILES string of the molecule is NC1CCN(C2CCN(C(=O)c3cc4n(n3)CCCC4O)C2)CC1. The first-order valence-corrected chi connectivity index (χ1v) is 9.16. The summed E-state index contributed by atoms with van der Waals surface area (Å²) in [6.07, 6.45) is 4.30. The van der Waals surface area contributed by atoms with E-state index in [1.165, 1.54) is 0 Å². The Morgan fingerprint density at radius 2 is 1.96 bits per heavy atom. The van der Waals surface area contributed by atoms with Gasteiger partial charge < -0.3 is 15.7 Å². The lowest BCUT2D eigenvalue weighted by molar-refractivity contribution is 0.0762. The lowest BCUT2D eigenvalue weighted by Crippen LogP contribution is -2.46. The topological polar surface area (TPSA) is 87.6 Å². The number of nitrogens with two attached hydrogens (primary N) is 1. The van der Waals surface area contributed by atoms with E-state index in [0.29, 0.717) is 17.8 Å². The maximum atomic E-state index is 12.8. The van der Waals surface area contributed by atoms with Crippen molar-refractivity contribution < 1.29 is 9.90 Å². The van der Waals surface area contributed by atoms with Crippen LogP contribution in [0.2, 0.25) is 0 Å². The molecule has 132 valence electrons. The zero-order valence-corrected chi connectivity index (χ0v) is 14.1. The first-order valence-electron chi connectivity index (χ1n) is 9.16. The van der Waals surface area contributed by atoms with Crippen LogP contribution in [-0.4, -0.2) is 68.9 Å². The highest BCUT2D eigenvalue weighted by molar-refractivity contribution is 5.92. The van der Waals surface area contributed by atoms with E-state index in [9.17, 15) is 9.90 Å². The molecule has 3 N–H and O–H groups in total. The molecule has 1 aromatic rings. The number of nitrogens with zero attached hydrogens (tertiary/aromatic N) is 4. The molecule has 2 saturated heterocycles. The van der Waals surface area contributed by atoms with Crippen molar-refractivity contribution in [2.24, 2.45) is 5.73 Å². The van der Waals surface area contributed by atoms with E-state index < -0.39 is 6.10 Å². The van der Waals surface area contributed by atoms with Crippen molar-refractivity contribution >= 4 is 5.91 Å². The molecule has 0 saturated carbocycles. The summed E-state index contributed by atoms with van der Waals surface area (Å²) in [6.45, 7) is 4.43. The molecule has 0 spiro atoms. The minimum Gasteiger partial charge on any atom is -0.387 e. The molecule has 24 heavy (non-hydrogen) atoms. The number of rotatable bonds is 2. The van der Waals surface area contributed by atoms with Gasteiger partial charge in [0.05, 0.1) is 11.8 Å². The minimum absolute atomic E-state index is 0.000288. The first kappa shape index (κ1) is 16.1. The molecule has 1 aromatic heterocycles. The Kier molecular flexibility index (Phi) is 4.32. The van der Waals surface area contributed by atoms with Gasteiger partial charge >= 0.3 is 0 Å². The van der Waals surface area contributed by atoms with Crippen molar-refractivity contribution in [2.45, 2.75) is 56.8 Å². The largest absolute Gasteiger partial charge is 0.387 e. The van der Waals surface area contributed by atoms with Crippen LogP contribution in [0.25, 0.3) is 0 Å². The van der Waals surface area contributed by atoms with Crippen LogP contribution in [-0.2, 0) is 6.54 Å². The standard InChI is InChI=1S/C17H27N5O2/c18-12-3-7-20(8-4-12)13-5-9-21(11-13)17(24)14-10-15-16(23)2-1-6-22(15)19-14/h10,12-13,16,23H,1-9,11,18H2. The molecular formula is C17H27N5O2. The number of amides is 1. The summed E-state index contributed by atoms with van der Waals surface area (Å²) in [4.78, 5) is 17.2. The van der Waals surface area contributed by atoms with E-state index in [-0.39, 0.29) is 5.91 Å². The number of aliphatic hydroxyl groups excluding tert-OH is 1. The number of carbonyl (C=O) groups excluding carboxylic acids is 1. The number of likely N-dealkylation sites (tertiary alicyclic amines) is 2. The zero-order chi connectivity index (χ0) is 16.7. The average Bonchev–Trinajstić information content (AvgIpc) is 3.23. The third-order valence-corrected chi connectivity index (χ3v) is 5.76. The highest BCUT2D eigenvalue weighted by Gasteiger charge is 2.34. The van der Waals surface area contributed by atoms with Gasteiger partial charge in [-0.1, -0.05) is 0 Å². The van der Waals surface area contributed by atoms with Gasteiger partial charge in [-0.3, -0.25) is 14.4 Å². The summed E-state index contributed by atoms with van der Waals surface area (Å²) >= 11 is 0. The van der Waals surface area contributed by atoms with Crippen LogP contribution in [0.5, 0.6) is 0 Å². The summed E-state index contributed by atoms with van der Waals surface area (Å²) in [5.74, 6) is 0.000288. The van der Waals surface area contributed by atoms with Gasteiger partial charge in [0.1, 0.15) is 0 Å². The molecule has 0 radical (unpaired) electrons. The van der Waals surface area contributed by atoms with Crippen LogP contribution in [0.15, 0.2) is 6.07 Å². The third kappa shape index (κ3) is 2.96. The molecule has 2 unspecified atom stereocenters. The van der Waals surface area contributed by atoms with Gasteiger partial charge in [-0.2, -0.15) is 5.10 Å². The molecule has 2 fully saturated rings. The minimum atomic E-state index is -0.489. The Morgan fingerprint density at radius 3 is 2.71 bits per heavy atom. The van der Waals surface area contributed by atoms with Gasteiger partial charge in [-0.25, -0.2) is 0 Å². The Labute approximate surface area is 142 Å². The fourth-order valence-corrected chi connectivity index (χ4v) is 4.24. The number of carbonyl (C=O) groups is 1. The van der Waals surface area contributed by atoms with Crippen molar-refractivity contribution in [1.82, 2.24) is 19.6 Å². The molecule has 1 amide bonds. The van der Waals surface area contributed by atoms with Crippen LogP contribution in [0.3, 0.4) is 0 Å². The van der Waals surface area contributed by atoms with Gasteiger partial charge in [0.2, 0.25) is 0 Å². The van der Waals surface area contributed by atoms with Crippen molar-refractivity contribution in [3.63, 3.8) is 0 Å². The molecule has 0 aromatic carbocycles. The van der Waals surface area contributed by atoms with Crippen molar-refractivity contribution in [2.75, 3.05) is 26.2 Å². The normalized spacial score (nSPS) is 29.0. The summed E-state index contributed by atoms with van der Waals surface area (Å²) in [7, 11) is 0. The van der Waals surface area contributed by atoms with Crippen LogP contribution in [0.1, 0.15) is 54.4 Å². The molecular weight excluding hydrogens is 306 g/mol. The third-order valence-electron chi connectivity index (χ3n) is 5.76. The number of aliphatic hydroxyl groups is 1. The summed E-state index contributed by atoms with van der Waals surface area (Å²) in [5, 5.41) is 14.5. The van der Waals surface area contributed by atoms with Crippen LogP contribution >= 0.6 is 0 Å². The fraction of sp³-hybridized carbons (Fsp3) is 0.765. The van der Waals surface area contributed by atoms with Gasteiger partial charge in [0, 0.05) is 31.7 Å². The van der Waals surface area contributed by atoms with Crippen molar-refractivity contribution in [1.29, 1.82) is 0 Å². The predicted octanol–water partition coefficient (Wildman–Crippen LogP) is 0.348. The second-order valence-electron chi connectivity index (χ2n) is 7.40. The average molecular weight is 333 g/mol. The highest BCUT2D eigenvalue weighted by Crippen LogP contribution is 2.26. The Bertz CT molecular complexity index is 608. The number of hydrogen-bond acceptors (Lipinski definition) is 5. The second kappa shape index (κ2) is 6.46. The van der Waals surface area contributed by atoms with Crippen LogP contribution in [0, 0.1) is 0 Å². The van der Waals surface area contributed by atoms with E-state index >= 15 is 0 Å². The second-order valence-corrected chi connectivity index (χ2v) is 7.40. The number of piperidine rings is 1. The maximum absolute atomic E-state index is 12.8. The molecule has 3 aliphatic rings. The van der Waals surface area contributed by atoms with Crippen LogP contribution < -0.4 is 5.73 Å². The number of aromatic nitrogens is 2. The molecule has 2 atom stereocenters. The van der Waals surface area contributed by atoms with Gasteiger partial charge in [-0.05, 0) is 51.3 Å². The van der Waals surface area contributed by atoms with E-state index in [2.05, 4.69) is 10.00 Å². The quantitative estimate of drug-likeness (QED) is 0.815. The zero-order valence-electron chi connectivity index (χ0n) is 14.1. The Morgan fingerprint density at radius 1 is 1.17 bits per heavy atom. The summed E-state index contributed by atoms with van der Waals surface area (Å²) in [5.41, 5.74) is 7.25. The molecule has 0 aliphatic carbocycles. The Balaban J connectivity index is 1.41. The molecule has 7 nitrogen and oxygen atoms in total. The summed E-state index contributed by atoms with van der Waals surface area (Å²) in [6, 6.07) is 2.56. The predicted molar refractivity (Wildman–Crippen MR) is 89.5 cm³/mol. The molecule has 3 aliphatic heterocycles.